The molecule has 0 bridgehead atoms. The maximum absolute atomic E-state index is 13.5. The molecule has 1 aliphatic heterocycles. The summed E-state index contributed by atoms with van der Waals surface area (Å²) in [5.41, 5.74) is -0.854. The first kappa shape index (κ1) is 23.0. The summed E-state index contributed by atoms with van der Waals surface area (Å²) in [5.74, 6) is -5.25. The molecule has 1 fully saturated rings. The summed E-state index contributed by atoms with van der Waals surface area (Å²) >= 11 is 0. The fourth-order valence-corrected chi connectivity index (χ4v) is 4.42. The Bertz CT molecular complexity index is 1230. The van der Waals surface area contributed by atoms with Crippen molar-refractivity contribution < 1.29 is 28.5 Å². The number of benzene rings is 2. The van der Waals surface area contributed by atoms with Crippen LogP contribution in [-0.4, -0.2) is 45.0 Å². The number of carbonyl (C=O) groups excluding carboxylic acids is 4. The lowest BCUT2D eigenvalue weighted by atomic mass is 9.78. The molecule has 0 N–H and O–H groups in total. The molecule has 2 aromatic carbocycles. The van der Waals surface area contributed by atoms with Crippen LogP contribution in [0.1, 0.15) is 34.1 Å². The molecule has 0 saturated carbocycles. The van der Waals surface area contributed by atoms with E-state index < -0.39 is 58.3 Å². The van der Waals surface area contributed by atoms with Gasteiger partial charge in [0, 0.05) is 11.6 Å². The number of nitrogens with zero attached hydrogens (tertiary/aromatic N) is 3. The number of para-hydroxylation sites is 1. The maximum Gasteiger partial charge on any atom is 0.282 e. The quantitative estimate of drug-likeness (QED) is 0.213. The van der Waals surface area contributed by atoms with Gasteiger partial charge in [-0.15, -0.1) is 0 Å². The van der Waals surface area contributed by atoms with E-state index in [1.54, 1.807) is 13.0 Å². The third-order valence-electron chi connectivity index (χ3n) is 6.12. The van der Waals surface area contributed by atoms with E-state index in [0.29, 0.717) is 16.4 Å². The van der Waals surface area contributed by atoms with E-state index in [1.165, 1.54) is 30.3 Å². The zero-order valence-corrected chi connectivity index (χ0v) is 18.1. The topological polar surface area (TPSA) is 118 Å². The first-order valence-corrected chi connectivity index (χ1v) is 10.6. The standard InChI is InChI=1S/C24H20FN3O6/c1-14-5-4-7-18-21(14)24(32)27(23(18)31)26(13-20(29)15-9-11-16(25)12-10-15)22(30)17-6-2-3-8-19(17)28(33)34/h2-6,8-12,14,18,21H,7,13H2,1H3/t14-,18+,21-/m1/s1. The fraction of sp³-hybridized carbons (Fsp3) is 0.250. The van der Waals surface area contributed by atoms with Crippen LogP contribution in [0.3, 0.4) is 0 Å². The van der Waals surface area contributed by atoms with Gasteiger partial charge in [0.05, 0.1) is 16.8 Å². The molecule has 9 nitrogen and oxygen atoms in total. The van der Waals surface area contributed by atoms with Crippen molar-refractivity contribution in [3.05, 3.63) is 87.7 Å². The molecule has 0 aromatic heterocycles. The van der Waals surface area contributed by atoms with Crippen molar-refractivity contribution in [2.75, 3.05) is 6.54 Å². The van der Waals surface area contributed by atoms with E-state index in [2.05, 4.69) is 0 Å². The van der Waals surface area contributed by atoms with E-state index in [1.807, 2.05) is 6.08 Å². The van der Waals surface area contributed by atoms with Crippen molar-refractivity contribution in [1.82, 2.24) is 10.0 Å². The number of hydrogen-bond acceptors (Lipinski definition) is 6. The predicted octanol–water partition coefficient (Wildman–Crippen LogP) is 3.17. The smallest absolute Gasteiger partial charge is 0.282 e. The SMILES string of the molecule is C[C@@H]1C=CC[C@@H]2C(=O)N(N(CC(=O)c3ccc(F)cc3)C(=O)c3ccccc3[N+](=O)[O-])C(=O)[C@H]12. The van der Waals surface area contributed by atoms with Gasteiger partial charge in [0.15, 0.2) is 5.78 Å². The number of halogens is 1. The lowest BCUT2D eigenvalue weighted by Gasteiger charge is -2.30. The zero-order valence-electron chi connectivity index (χ0n) is 18.1. The summed E-state index contributed by atoms with van der Waals surface area (Å²) < 4.78 is 13.3. The Hall–Kier alpha value is -4.21. The molecule has 3 amide bonds. The highest BCUT2D eigenvalue weighted by Crippen LogP contribution is 2.39. The molecule has 3 atom stereocenters. The van der Waals surface area contributed by atoms with Gasteiger partial charge >= 0.3 is 0 Å². The average molecular weight is 465 g/mol. The van der Waals surface area contributed by atoms with Gasteiger partial charge in [-0.05, 0) is 42.7 Å². The molecule has 10 heteroatoms. The van der Waals surface area contributed by atoms with Crippen molar-refractivity contribution in [3.8, 4) is 0 Å². The largest absolute Gasteiger partial charge is 0.292 e. The number of nitro benzene ring substituents is 1. The second-order valence-corrected chi connectivity index (χ2v) is 8.21. The number of carbonyl (C=O) groups is 4. The van der Waals surface area contributed by atoms with Crippen molar-refractivity contribution in [2.24, 2.45) is 17.8 Å². The third-order valence-corrected chi connectivity index (χ3v) is 6.12. The van der Waals surface area contributed by atoms with Gasteiger partial charge in [-0.3, -0.25) is 29.3 Å². The van der Waals surface area contributed by atoms with Gasteiger partial charge in [-0.1, -0.05) is 31.2 Å². The van der Waals surface area contributed by atoms with Crippen LogP contribution in [0.25, 0.3) is 0 Å². The van der Waals surface area contributed by atoms with Crippen LogP contribution in [0, 0.1) is 33.7 Å². The van der Waals surface area contributed by atoms with Crippen LogP contribution < -0.4 is 0 Å². The van der Waals surface area contributed by atoms with Crippen LogP contribution in [0.4, 0.5) is 10.1 Å². The maximum atomic E-state index is 13.5. The summed E-state index contributed by atoms with van der Waals surface area (Å²) in [5, 5.41) is 12.8. The predicted molar refractivity (Wildman–Crippen MR) is 117 cm³/mol. The Morgan fingerprint density at radius 1 is 1.12 bits per heavy atom. The van der Waals surface area contributed by atoms with Crippen LogP contribution in [-0.2, 0) is 9.59 Å². The summed E-state index contributed by atoms with van der Waals surface area (Å²) in [7, 11) is 0. The van der Waals surface area contributed by atoms with Gasteiger partial charge in [0.2, 0.25) is 0 Å². The van der Waals surface area contributed by atoms with Crippen molar-refractivity contribution in [3.63, 3.8) is 0 Å². The number of ketones is 1. The number of fused-ring (bicyclic) bond motifs is 1. The Balaban J connectivity index is 1.76. The molecule has 1 saturated heterocycles. The molecule has 1 aliphatic carbocycles. The molecule has 0 unspecified atom stereocenters. The Morgan fingerprint density at radius 3 is 2.44 bits per heavy atom. The fourth-order valence-electron chi connectivity index (χ4n) is 4.42. The molecule has 4 rings (SSSR count). The number of allylic oxidation sites excluding steroid dienone is 2. The average Bonchev–Trinajstić information content (AvgIpc) is 3.08. The Morgan fingerprint density at radius 2 is 1.79 bits per heavy atom. The van der Waals surface area contributed by atoms with Gasteiger partial charge in [0.25, 0.3) is 23.4 Å². The summed E-state index contributed by atoms with van der Waals surface area (Å²) in [6.45, 7) is 1.04. The Kier molecular flexibility index (Phi) is 6.06. The van der Waals surface area contributed by atoms with Crippen LogP contribution >= 0.6 is 0 Å². The monoisotopic (exact) mass is 465 g/mol. The first-order chi connectivity index (χ1) is 16.2. The van der Waals surface area contributed by atoms with E-state index in [4.69, 9.17) is 0 Å². The van der Waals surface area contributed by atoms with Crippen molar-refractivity contribution in [1.29, 1.82) is 0 Å². The zero-order chi connectivity index (χ0) is 24.6. The van der Waals surface area contributed by atoms with E-state index in [9.17, 15) is 33.7 Å². The molecule has 0 spiro atoms. The van der Waals surface area contributed by atoms with Gasteiger partial charge in [-0.2, -0.15) is 5.01 Å². The summed E-state index contributed by atoms with van der Waals surface area (Å²) in [6, 6.07) is 9.64. The molecule has 2 aliphatic rings. The second kappa shape index (κ2) is 8.97. The molecule has 34 heavy (non-hydrogen) atoms. The Labute approximate surface area is 193 Å². The molecule has 174 valence electrons. The van der Waals surface area contributed by atoms with Crippen molar-refractivity contribution >= 4 is 29.2 Å². The highest BCUT2D eigenvalue weighted by molar-refractivity contribution is 6.10. The molecular weight excluding hydrogens is 445 g/mol. The normalized spacial score (nSPS) is 21.4. The lowest BCUT2D eigenvalue weighted by molar-refractivity contribution is -0.385. The molecule has 1 heterocycles. The highest BCUT2D eigenvalue weighted by Gasteiger charge is 2.53. The summed E-state index contributed by atoms with van der Waals surface area (Å²) in [4.78, 5) is 63.7. The number of hydrazine groups is 1. The van der Waals surface area contributed by atoms with Crippen LogP contribution in [0.2, 0.25) is 0 Å². The minimum absolute atomic E-state index is 0.0494. The van der Waals surface area contributed by atoms with Crippen molar-refractivity contribution in [2.45, 2.75) is 13.3 Å². The molecule has 2 aromatic rings. The first-order valence-electron chi connectivity index (χ1n) is 10.6. The van der Waals surface area contributed by atoms with Gasteiger partial charge in [-0.25, -0.2) is 9.40 Å². The number of Topliss-reactive ketones (excluding diaryl/α,β-unsaturated/α-hetero) is 1. The van der Waals surface area contributed by atoms with Crippen LogP contribution in [0.5, 0.6) is 0 Å². The lowest BCUT2D eigenvalue weighted by Crippen LogP contribution is -2.52. The van der Waals surface area contributed by atoms with Gasteiger partial charge < -0.3 is 0 Å². The third kappa shape index (κ3) is 3.98. The van der Waals surface area contributed by atoms with Crippen LogP contribution in [0.15, 0.2) is 60.7 Å². The number of rotatable bonds is 6. The highest BCUT2D eigenvalue weighted by atomic mass is 19.1. The second-order valence-electron chi connectivity index (χ2n) is 8.21. The minimum Gasteiger partial charge on any atom is -0.292 e. The number of nitro groups is 1. The number of amides is 3. The van der Waals surface area contributed by atoms with E-state index in [-0.39, 0.29) is 17.0 Å². The van der Waals surface area contributed by atoms with E-state index in [0.717, 1.165) is 18.2 Å². The van der Waals surface area contributed by atoms with E-state index >= 15 is 0 Å². The molecular formula is C24H20FN3O6. The van der Waals surface area contributed by atoms with Gasteiger partial charge in [0.1, 0.15) is 17.9 Å². The number of imide groups is 1. The number of hydrogen-bond donors (Lipinski definition) is 0. The molecule has 0 radical (unpaired) electrons. The minimum atomic E-state index is -1.04. The summed E-state index contributed by atoms with van der Waals surface area (Å²) in [6.07, 6.45) is 3.90.